The van der Waals surface area contributed by atoms with Crippen LogP contribution in [0.1, 0.15) is 10.4 Å². The number of benzene rings is 2. The number of methoxy groups -OCH3 is 2. The first kappa shape index (κ1) is 23.1. The summed E-state index contributed by atoms with van der Waals surface area (Å²) < 4.78 is 15.7. The van der Waals surface area contributed by atoms with Gasteiger partial charge in [0, 0.05) is 17.8 Å². The minimum absolute atomic E-state index is 0. The average molecular weight is 410 g/mol. The first-order valence-electron chi connectivity index (χ1n) is 8.30. The number of ether oxygens (including phenoxy) is 3. The second-order valence-electron chi connectivity index (χ2n) is 5.46. The van der Waals surface area contributed by atoms with Crippen molar-refractivity contribution in [2.75, 3.05) is 39.2 Å². The summed E-state index contributed by atoms with van der Waals surface area (Å²) in [7, 11) is 3.00. The van der Waals surface area contributed by atoms with Crippen molar-refractivity contribution in [1.82, 2.24) is 5.32 Å². The van der Waals surface area contributed by atoms with E-state index in [0.717, 1.165) is 0 Å². The highest BCUT2D eigenvalue weighted by Crippen LogP contribution is 2.27. The van der Waals surface area contributed by atoms with Gasteiger partial charge in [0.2, 0.25) is 5.91 Å². The maximum atomic E-state index is 12.2. The molecular weight excluding hydrogens is 386 g/mol. The number of nitrogens with two attached hydrogens (primary N) is 1. The molecule has 0 bridgehead atoms. The molecule has 2 amide bonds. The number of halogens is 1. The largest absolute Gasteiger partial charge is 0.493 e. The Bertz CT molecular complexity index is 784. The molecule has 0 aliphatic rings. The number of hydrogen-bond acceptors (Lipinski definition) is 6. The van der Waals surface area contributed by atoms with Gasteiger partial charge in [-0.2, -0.15) is 0 Å². The summed E-state index contributed by atoms with van der Waals surface area (Å²) in [5.41, 5.74) is 6.33. The van der Waals surface area contributed by atoms with Gasteiger partial charge in [-0.1, -0.05) is 0 Å². The van der Waals surface area contributed by atoms with Gasteiger partial charge in [0.15, 0.2) is 11.5 Å². The Hall–Kier alpha value is -2.97. The maximum Gasteiger partial charge on any atom is 0.251 e. The van der Waals surface area contributed by atoms with E-state index in [1.54, 1.807) is 42.5 Å². The predicted octanol–water partition coefficient (Wildman–Crippen LogP) is 1.83. The molecule has 28 heavy (non-hydrogen) atoms. The first-order valence-corrected chi connectivity index (χ1v) is 8.30. The van der Waals surface area contributed by atoms with Crippen molar-refractivity contribution in [3.8, 4) is 17.2 Å². The SMILES string of the molecule is COc1ccc(C(=O)NCC(=O)Nc2ccc(OCCN)cc2)cc1OC.Cl. The molecule has 9 heteroatoms. The monoisotopic (exact) mass is 409 g/mol. The fraction of sp³-hybridized carbons (Fsp3) is 0.263. The number of amides is 2. The van der Waals surface area contributed by atoms with Gasteiger partial charge in [-0.05, 0) is 42.5 Å². The lowest BCUT2D eigenvalue weighted by Crippen LogP contribution is -2.32. The summed E-state index contributed by atoms with van der Waals surface area (Å²) in [6.45, 7) is 0.685. The van der Waals surface area contributed by atoms with E-state index in [2.05, 4.69) is 10.6 Å². The highest BCUT2D eigenvalue weighted by Gasteiger charge is 2.12. The standard InChI is InChI=1S/C19H23N3O5.ClH/c1-25-16-8-3-13(11-17(16)26-2)19(24)21-12-18(23)22-14-4-6-15(7-5-14)27-10-9-20;/h3-8,11H,9-10,12,20H2,1-2H3,(H,21,24)(H,22,23);1H. The molecule has 2 rings (SSSR count). The molecule has 0 fully saturated rings. The summed E-state index contributed by atoms with van der Waals surface area (Å²) in [4.78, 5) is 24.2. The zero-order chi connectivity index (χ0) is 19.6. The Morgan fingerprint density at radius 2 is 1.68 bits per heavy atom. The molecule has 0 radical (unpaired) electrons. The summed E-state index contributed by atoms with van der Waals surface area (Å²) in [5.74, 6) is 0.883. The van der Waals surface area contributed by atoms with Gasteiger partial charge >= 0.3 is 0 Å². The van der Waals surface area contributed by atoms with Crippen LogP contribution >= 0.6 is 12.4 Å². The quantitative estimate of drug-likeness (QED) is 0.582. The molecule has 0 saturated heterocycles. The van der Waals surface area contributed by atoms with E-state index >= 15 is 0 Å². The number of rotatable bonds is 9. The minimum Gasteiger partial charge on any atom is -0.493 e. The van der Waals surface area contributed by atoms with Crippen molar-refractivity contribution >= 4 is 29.9 Å². The Labute approximate surface area is 169 Å². The van der Waals surface area contributed by atoms with Crippen LogP contribution in [0.2, 0.25) is 0 Å². The molecule has 0 aliphatic heterocycles. The molecule has 2 aromatic rings. The van der Waals surface area contributed by atoms with Crippen LogP contribution < -0.4 is 30.6 Å². The number of carbonyl (C=O) groups is 2. The second-order valence-corrected chi connectivity index (χ2v) is 5.46. The fourth-order valence-electron chi connectivity index (χ4n) is 2.26. The normalized spacial score (nSPS) is 9.68. The first-order chi connectivity index (χ1) is 13.1. The van der Waals surface area contributed by atoms with E-state index in [0.29, 0.717) is 41.7 Å². The fourth-order valence-corrected chi connectivity index (χ4v) is 2.26. The van der Waals surface area contributed by atoms with Gasteiger partial charge in [-0.3, -0.25) is 9.59 Å². The van der Waals surface area contributed by atoms with Crippen molar-refractivity contribution in [2.24, 2.45) is 5.73 Å². The van der Waals surface area contributed by atoms with Gasteiger partial charge in [-0.25, -0.2) is 0 Å². The van der Waals surface area contributed by atoms with Crippen LogP contribution in [0.15, 0.2) is 42.5 Å². The molecule has 0 aromatic heterocycles. The van der Waals surface area contributed by atoms with Crippen molar-refractivity contribution in [3.05, 3.63) is 48.0 Å². The third-order valence-corrected chi connectivity index (χ3v) is 3.58. The number of nitrogens with one attached hydrogen (secondary N) is 2. The van der Waals surface area contributed by atoms with Crippen LogP contribution in [-0.2, 0) is 4.79 Å². The summed E-state index contributed by atoms with van der Waals surface area (Å²) in [5, 5.41) is 5.26. The third kappa shape index (κ3) is 6.64. The molecule has 0 spiro atoms. The van der Waals surface area contributed by atoms with Crippen molar-refractivity contribution in [2.45, 2.75) is 0 Å². The smallest absolute Gasteiger partial charge is 0.251 e. The number of carbonyl (C=O) groups excluding carboxylic acids is 2. The van der Waals surface area contributed by atoms with Gasteiger partial charge in [-0.15, -0.1) is 12.4 Å². The molecule has 0 unspecified atom stereocenters. The van der Waals surface area contributed by atoms with Gasteiger partial charge in [0.05, 0.1) is 20.8 Å². The van der Waals surface area contributed by atoms with Crippen LogP contribution in [0.4, 0.5) is 5.69 Å². The van der Waals surface area contributed by atoms with Crippen LogP contribution in [0.3, 0.4) is 0 Å². The Morgan fingerprint density at radius 1 is 1.00 bits per heavy atom. The van der Waals surface area contributed by atoms with Crippen molar-refractivity contribution < 1.29 is 23.8 Å². The highest BCUT2D eigenvalue weighted by molar-refractivity contribution is 5.99. The van der Waals surface area contributed by atoms with Gasteiger partial charge in [0.1, 0.15) is 12.4 Å². The summed E-state index contributed by atoms with van der Waals surface area (Å²) in [6, 6.07) is 11.6. The number of hydrogen-bond donors (Lipinski definition) is 3. The van der Waals surface area contributed by atoms with Crippen LogP contribution in [0.5, 0.6) is 17.2 Å². The Balaban J connectivity index is 0.00000392. The van der Waals surface area contributed by atoms with E-state index in [4.69, 9.17) is 19.9 Å². The van der Waals surface area contributed by atoms with Gasteiger partial charge < -0.3 is 30.6 Å². The molecule has 0 aliphatic carbocycles. The zero-order valence-electron chi connectivity index (χ0n) is 15.7. The van der Waals surface area contributed by atoms with Crippen LogP contribution in [0.25, 0.3) is 0 Å². The highest BCUT2D eigenvalue weighted by atomic mass is 35.5. The molecule has 4 N–H and O–H groups in total. The second kappa shape index (κ2) is 11.7. The van der Waals surface area contributed by atoms with Gasteiger partial charge in [0.25, 0.3) is 5.91 Å². The topological polar surface area (TPSA) is 112 Å². The molecule has 8 nitrogen and oxygen atoms in total. The lowest BCUT2D eigenvalue weighted by Gasteiger charge is -2.10. The molecule has 2 aromatic carbocycles. The van der Waals surface area contributed by atoms with Crippen molar-refractivity contribution in [3.63, 3.8) is 0 Å². The molecule has 0 heterocycles. The Kier molecular flexibility index (Phi) is 9.63. The van der Waals surface area contributed by atoms with E-state index in [-0.39, 0.29) is 24.9 Å². The van der Waals surface area contributed by atoms with Crippen LogP contribution in [0, 0.1) is 0 Å². The van der Waals surface area contributed by atoms with E-state index in [1.807, 2.05) is 0 Å². The Morgan fingerprint density at radius 3 is 2.29 bits per heavy atom. The lowest BCUT2D eigenvalue weighted by atomic mass is 10.2. The van der Waals surface area contributed by atoms with E-state index < -0.39 is 5.91 Å². The molecular formula is C19H24ClN3O5. The minimum atomic E-state index is -0.392. The average Bonchev–Trinajstić information content (AvgIpc) is 2.70. The lowest BCUT2D eigenvalue weighted by molar-refractivity contribution is -0.115. The molecule has 0 atom stereocenters. The third-order valence-electron chi connectivity index (χ3n) is 3.58. The van der Waals surface area contributed by atoms with E-state index in [9.17, 15) is 9.59 Å². The predicted molar refractivity (Wildman–Crippen MR) is 109 cm³/mol. The number of anilines is 1. The summed E-state index contributed by atoms with van der Waals surface area (Å²) in [6.07, 6.45) is 0. The molecule has 0 saturated carbocycles. The molecule has 152 valence electrons. The van der Waals surface area contributed by atoms with Crippen LogP contribution in [-0.4, -0.2) is 45.7 Å². The maximum absolute atomic E-state index is 12.2. The van der Waals surface area contributed by atoms with Crippen molar-refractivity contribution in [1.29, 1.82) is 0 Å². The summed E-state index contributed by atoms with van der Waals surface area (Å²) >= 11 is 0. The van der Waals surface area contributed by atoms with E-state index in [1.165, 1.54) is 14.2 Å². The zero-order valence-corrected chi connectivity index (χ0v) is 16.5.